The molecule has 0 aliphatic carbocycles. The quantitative estimate of drug-likeness (QED) is 0.404. The summed E-state index contributed by atoms with van der Waals surface area (Å²) in [6, 6.07) is 5.09. The van der Waals surface area contributed by atoms with Crippen molar-refractivity contribution in [2.45, 2.75) is 25.8 Å². The zero-order valence-electron chi connectivity index (χ0n) is 17.5. The molecule has 0 unspecified atom stereocenters. The number of amides is 1. The molecule has 0 saturated heterocycles. The molecule has 1 aliphatic heterocycles. The van der Waals surface area contributed by atoms with Gasteiger partial charge in [0.05, 0.1) is 18.9 Å². The lowest BCUT2D eigenvalue weighted by molar-refractivity contribution is -0.115. The molecule has 1 amide bonds. The van der Waals surface area contributed by atoms with Crippen molar-refractivity contribution in [1.29, 1.82) is 0 Å². The van der Waals surface area contributed by atoms with Crippen molar-refractivity contribution < 1.29 is 26.4 Å². The third kappa shape index (κ3) is 5.65. The first-order valence-electron chi connectivity index (χ1n) is 9.73. The van der Waals surface area contributed by atoms with Gasteiger partial charge in [0.25, 0.3) is 0 Å². The Kier molecular flexibility index (Phi) is 7.19. The van der Waals surface area contributed by atoms with Crippen molar-refractivity contribution in [2.75, 3.05) is 41.9 Å². The molecule has 0 atom stereocenters. The largest absolute Gasteiger partial charge is 0.325 e. The first kappa shape index (κ1) is 23.7. The van der Waals surface area contributed by atoms with Crippen LogP contribution >= 0.6 is 0 Å². The molecule has 0 saturated carbocycles. The van der Waals surface area contributed by atoms with Crippen LogP contribution in [0.3, 0.4) is 0 Å². The van der Waals surface area contributed by atoms with Crippen LogP contribution in [-0.4, -0.2) is 61.5 Å². The maximum absolute atomic E-state index is 14.3. The van der Waals surface area contributed by atoms with E-state index in [-0.39, 0.29) is 37.8 Å². The lowest BCUT2D eigenvalue weighted by Gasteiger charge is -2.24. The fourth-order valence-electron chi connectivity index (χ4n) is 3.19. The number of nitrogens with zero attached hydrogens (tertiary/aromatic N) is 4. The second kappa shape index (κ2) is 9.69. The number of benzene rings is 1. The number of carbonyl (C=O) groups excluding carboxylic acids is 1. The van der Waals surface area contributed by atoms with Gasteiger partial charge in [0.2, 0.25) is 21.9 Å². The molecular weight excluding hydrogens is 449 g/mol. The van der Waals surface area contributed by atoms with Crippen LogP contribution in [0.15, 0.2) is 24.4 Å². The van der Waals surface area contributed by atoms with Crippen molar-refractivity contribution >= 4 is 39.1 Å². The molecule has 1 aromatic heterocycles. The maximum atomic E-state index is 14.3. The normalized spacial score (nSPS) is 13.4. The second-order valence-corrected chi connectivity index (χ2v) is 9.40. The molecule has 2 heterocycles. The summed E-state index contributed by atoms with van der Waals surface area (Å²) in [5.41, 5.74) is 1.80. The van der Waals surface area contributed by atoms with Crippen LogP contribution in [0.1, 0.15) is 18.4 Å². The highest BCUT2D eigenvalue weighted by Crippen LogP contribution is 2.31. The molecule has 174 valence electrons. The second-order valence-electron chi connectivity index (χ2n) is 7.31. The molecule has 2 N–H and O–H groups in total. The topological polar surface area (TPSA) is 108 Å². The molecule has 13 heteroatoms. The Morgan fingerprint density at radius 1 is 1.25 bits per heavy atom. The van der Waals surface area contributed by atoms with E-state index in [9.17, 15) is 26.4 Å². The Hall–Kier alpha value is -2.93. The number of fused-ring (bicyclic) bond motifs is 1. The number of halogens is 3. The zero-order valence-corrected chi connectivity index (χ0v) is 18.3. The van der Waals surface area contributed by atoms with E-state index in [0.29, 0.717) is 28.3 Å². The minimum Gasteiger partial charge on any atom is -0.325 e. The summed E-state index contributed by atoms with van der Waals surface area (Å²) in [4.78, 5) is 19.9. The smallest absolute Gasteiger partial charge is 0.316 e. The van der Waals surface area contributed by atoms with Crippen LogP contribution in [-0.2, 0) is 21.2 Å². The van der Waals surface area contributed by atoms with Crippen molar-refractivity contribution in [3.63, 3.8) is 0 Å². The fourth-order valence-corrected chi connectivity index (χ4v) is 3.65. The Labute approximate surface area is 183 Å². The summed E-state index contributed by atoms with van der Waals surface area (Å²) in [6.07, 6.45) is 2.48. The van der Waals surface area contributed by atoms with E-state index in [1.807, 2.05) is 0 Å². The SMILES string of the molecule is CN(CCCCN(c1nc(Nc2cccc3c2CC(=O)N3)ncc1F)C(F)F)S(C)(=O)=O. The lowest BCUT2D eigenvalue weighted by atomic mass is 10.1. The Balaban J connectivity index is 1.73. The van der Waals surface area contributed by atoms with E-state index >= 15 is 0 Å². The van der Waals surface area contributed by atoms with Gasteiger partial charge in [0.15, 0.2) is 11.6 Å². The van der Waals surface area contributed by atoms with Crippen LogP contribution in [0.4, 0.5) is 36.3 Å². The van der Waals surface area contributed by atoms with E-state index in [1.54, 1.807) is 18.2 Å². The monoisotopic (exact) mass is 472 g/mol. The number of anilines is 4. The highest BCUT2D eigenvalue weighted by atomic mass is 32.2. The minimum atomic E-state index is -3.36. The van der Waals surface area contributed by atoms with Crippen molar-refractivity contribution in [3.05, 3.63) is 35.8 Å². The lowest BCUT2D eigenvalue weighted by Crippen LogP contribution is -2.33. The van der Waals surface area contributed by atoms with Gasteiger partial charge < -0.3 is 10.6 Å². The van der Waals surface area contributed by atoms with Gasteiger partial charge in [-0.15, -0.1) is 0 Å². The minimum absolute atomic E-state index is 0.100. The molecule has 32 heavy (non-hydrogen) atoms. The summed E-state index contributed by atoms with van der Waals surface area (Å²) in [5.74, 6) is -1.87. The van der Waals surface area contributed by atoms with Gasteiger partial charge in [-0.2, -0.15) is 13.8 Å². The number of sulfonamides is 1. The molecular formula is C19H23F3N6O3S. The van der Waals surface area contributed by atoms with E-state index in [0.717, 1.165) is 16.8 Å². The summed E-state index contributed by atoms with van der Waals surface area (Å²) < 4.78 is 65.5. The average molecular weight is 472 g/mol. The van der Waals surface area contributed by atoms with Gasteiger partial charge in [-0.05, 0) is 25.0 Å². The summed E-state index contributed by atoms with van der Waals surface area (Å²) in [7, 11) is -1.97. The van der Waals surface area contributed by atoms with E-state index in [4.69, 9.17) is 0 Å². The molecule has 1 aliphatic rings. The molecule has 2 aromatic rings. The Morgan fingerprint density at radius 2 is 1.97 bits per heavy atom. The number of alkyl halides is 2. The summed E-state index contributed by atoms with van der Waals surface area (Å²) >= 11 is 0. The number of unbranched alkanes of at least 4 members (excludes halogenated alkanes) is 1. The highest BCUT2D eigenvalue weighted by molar-refractivity contribution is 7.88. The van der Waals surface area contributed by atoms with Gasteiger partial charge in [0, 0.05) is 37.1 Å². The van der Waals surface area contributed by atoms with Gasteiger partial charge in [-0.1, -0.05) is 6.07 Å². The van der Waals surface area contributed by atoms with Gasteiger partial charge in [-0.25, -0.2) is 22.1 Å². The van der Waals surface area contributed by atoms with Gasteiger partial charge in [0.1, 0.15) is 0 Å². The molecule has 0 fully saturated rings. The fraction of sp³-hybridized carbons (Fsp3) is 0.421. The molecule has 3 rings (SSSR count). The molecule has 0 bridgehead atoms. The number of nitrogens with one attached hydrogen (secondary N) is 2. The standard InChI is InChI=1S/C19H23F3N6O3S/c1-27(32(2,30)31)8-3-4-9-28(18(21)22)17-13(20)11-23-19(26-17)25-15-7-5-6-14-12(15)10-16(29)24-14/h5-7,11,18H,3-4,8-10H2,1-2H3,(H,24,29)(H,23,25,26). The van der Waals surface area contributed by atoms with Crippen molar-refractivity contribution in [1.82, 2.24) is 14.3 Å². The Morgan fingerprint density at radius 3 is 2.66 bits per heavy atom. The van der Waals surface area contributed by atoms with Crippen molar-refractivity contribution in [3.8, 4) is 0 Å². The Bertz CT molecular complexity index is 1100. The summed E-state index contributed by atoms with van der Waals surface area (Å²) in [6.45, 7) is -3.11. The zero-order chi connectivity index (χ0) is 23.5. The maximum Gasteiger partial charge on any atom is 0.316 e. The number of rotatable bonds is 10. The average Bonchev–Trinajstić information content (AvgIpc) is 3.10. The van der Waals surface area contributed by atoms with Crippen LogP contribution in [0.25, 0.3) is 0 Å². The predicted molar refractivity (Wildman–Crippen MR) is 114 cm³/mol. The number of aromatic nitrogens is 2. The van der Waals surface area contributed by atoms with Crippen LogP contribution in [0.5, 0.6) is 0 Å². The summed E-state index contributed by atoms with van der Waals surface area (Å²) in [5, 5.41) is 5.55. The highest BCUT2D eigenvalue weighted by Gasteiger charge is 2.24. The predicted octanol–water partition coefficient (Wildman–Crippen LogP) is 2.55. The van der Waals surface area contributed by atoms with E-state index in [2.05, 4.69) is 20.6 Å². The van der Waals surface area contributed by atoms with Crippen LogP contribution in [0.2, 0.25) is 0 Å². The van der Waals surface area contributed by atoms with Crippen molar-refractivity contribution in [2.24, 2.45) is 0 Å². The first-order valence-corrected chi connectivity index (χ1v) is 11.6. The molecule has 0 spiro atoms. The van der Waals surface area contributed by atoms with Gasteiger partial charge in [-0.3, -0.25) is 9.69 Å². The van der Waals surface area contributed by atoms with Crippen LogP contribution < -0.4 is 15.5 Å². The third-order valence-corrected chi connectivity index (χ3v) is 6.27. The van der Waals surface area contributed by atoms with Gasteiger partial charge >= 0.3 is 6.55 Å². The number of carbonyl (C=O) groups is 1. The third-order valence-electron chi connectivity index (χ3n) is 4.96. The van der Waals surface area contributed by atoms with Crippen LogP contribution in [0, 0.1) is 5.82 Å². The first-order chi connectivity index (χ1) is 15.1. The van der Waals surface area contributed by atoms with E-state index < -0.39 is 28.2 Å². The molecule has 0 radical (unpaired) electrons. The number of hydrogen-bond donors (Lipinski definition) is 2. The number of hydrogen-bond acceptors (Lipinski definition) is 7. The molecule has 9 nitrogen and oxygen atoms in total. The van der Waals surface area contributed by atoms with E-state index in [1.165, 1.54) is 7.05 Å². The molecule has 1 aromatic carbocycles.